The molecule has 1 unspecified atom stereocenters. The van der Waals surface area contributed by atoms with Gasteiger partial charge in [0.05, 0.1) is 11.5 Å². The van der Waals surface area contributed by atoms with Gasteiger partial charge in [0, 0.05) is 30.3 Å². The van der Waals surface area contributed by atoms with Gasteiger partial charge < -0.3 is 10.2 Å². The van der Waals surface area contributed by atoms with Crippen LogP contribution in [0.2, 0.25) is 0 Å². The van der Waals surface area contributed by atoms with Crippen LogP contribution in [0.25, 0.3) is 0 Å². The lowest BCUT2D eigenvalue weighted by atomic mass is 10.1. The Labute approximate surface area is 155 Å². The summed E-state index contributed by atoms with van der Waals surface area (Å²) in [6.07, 6.45) is 3.55. The second kappa shape index (κ2) is 9.16. The van der Waals surface area contributed by atoms with Crippen molar-refractivity contribution < 1.29 is 18.0 Å². The first-order valence-corrected chi connectivity index (χ1v) is 11.1. The third-order valence-corrected chi connectivity index (χ3v) is 6.44. The van der Waals surface area contributed by atoms with Gasteiger partial charge in [-0.1, -0.05) is 25.8 Å². The molecule has 6 nitrogen and oxygen atoms in total. The summed E-state index contributed by atoms with van der Waals surface area (Å²) in [4.78, 5) is 26.7. The fraction of sp³-hybridized carbons (Fsp3) is 0.579. The van der Waals surface area contributed by atoms with Crippen LogP contribution in [0.4, 0.5) is 0 Å². The van der Waals surface area contributed by atoms with Crippen molar-refractivity contribution in [1.29, 1.82) is 0 Å². The van der Waals surface area contributed by atoms with Crippen LogP contribution in [-0.2, 0) is 9.84 Å². The molecule has 1 fully saturated rings. The van der Waals surface area contributed by atoms with E-state index in [1.165, 1.54) is 0 Å². The predicted octanol–water partition coefficient (Wildman–Crippen LogP) is 2.26. The highest BCUT2D eigenvalue weighted by molar-refractivity contribution is 7.91. The molecule has 144 valence electrons. The summed E-state index contributed by atoms with van der Waals surface area (Å²) in [7, 11) is -3.06. The molecule has 1 aliphatic rings. The van der Waals surface area contributed by atoms with E-state index in [2.05, 4.69) is 12.2 Å². The van der Waals surface area contributed by atoms with Crippen LogP contribution in [0, 0.1) is 0 Å². The fourth-order valence-electron chi connectivity index (χ4n) is 3.23. The number of hydrogen-bond donors (Lipinski definition) is 1. The molecule has 2 rings (SSSR count). The van der Waals surface area contributed by atoms with E-state index in [0.29, 0.717) is 30.6 Å². The van der Waals surface area contributed by atoms with Crippen molar-refractivity contribution in [3.8, 4) is 0 Å². The lowest BCUT2D eigenvalue weighted by molar-refractivity contribution is 0.0708. The molecule has 1 aromatic carbocycles. The Bertz CT molecular complexity index is 746. The highest BCUT2D eigenvalue weighted by atomic mass is 32.2. The van der Waals surface area contributed by atoms with Gasteiger partial charge in [-0.3, -0.25) is 9.59 Å². The Balaban J connectivity index is 2.07. The molecule has 1 aliphatic heterocycles. The van der Waals surface area contributed by atoms with Crippen molar-refractivity contribution in [2.24, 2.45) is 0 Å². The molecule has 0 spiro atoms. The van der Waals surface area contributed by atoms with Crippen molar-refractivity contribution in [3.63, 3.8) is 0 Å². The van der Waals surface area contributed by atoms with E-state index in [4.69, 9.17) is 0 Å². The molecule has 0 radical (unpaired) electrons. The van der Waals surface area contributed by atoms with Crippen LogP contribution in [0.5, 0.6) is 0 Å². The van der Waals surface area contributed by atoms with Crippen LogP contribution >= 0.6 is 0 Å². The second-order valence-corrected chi connectivity index (χ2v) is 8.92. The van der Waals surface area contributed by atoms with E-state index in [9.17, 15) is 18.0 Å². The van der Waals surface area contributed by atoms with Crippen molar-refractivity contribution in [3.05, 3.63) is 35.4 Å². The third-order valence-electron chi connectivity index (χ3n) is 4.69. The summed E-state index contributed by atoms with van der Waals surface area (Å²) in [5.41, 5.74) is 0.861. The Hall–Kier alpha value is -1.89. The van der Waals surface area contributed by atoms with Gasteiger partial charge in [0.1, 0.15) is 0 Å². The van der Waals surface area contributed by atoms with E-state index >= 15 is 0 Å². The lowest BCUT2D eigenvalue weighted by Gasteiger charge is -2.27. The summed E-state index contributed by atoms with van der Waals surface area (Å²) in [5.74, 6) is -0.274. The number of carbonyl (C=O) groups is 2. The quantitative estimate of drug-likeness (QED) is 0.701. The summed E-state index contributed by atoms with van der Waals surface area (Å²) in [6.45, 7) is 5.00. The van der Waals surface area contributed by atoms with E-state index in [0.717, 1.165) is 19.3 Å². The van der Waals surface area contributed by atoms with Crippen molar-refractivity contribution in [1.82, 2.24) is 10.2 Å². The van der Waals surface area contributed by atoms with Crippen LogP contribution in [0.1, 0.15) is 60.2 Å². The van der Waals surface area contributed by atoms with Gasteiger partial charge in [0.25, 0.3) is 11.8 Å². The van der Waals surface area contributed by atoms with Crippen LogP contribution in [0.15, 0.2) is 24.3 Å². The van der Waals surface area contributed by atoms with Gasteiger partial charge in [-0.25, -0.2) is 8.42 Å². The summed E-state index contributed by atoms with van der Waals surface area (Å²) < 4.78 is 23.4. The zero-order chi connectivity index (χ0) is 19.2. The number of sulfone groups is 1. The summed E-state index contributed by atoms with van der Waals surface area (Å²) in [5, 5.41) is 2.87. The Morgan fingerprint density at radius 3 is 2.54 bits per heavy atom. The number of unbranched alkanes of at least 4 members (excludes halogenated alkanes) is 2. The van der Waals surface area contributed by atoms with Gasteiger partial charge in [-0.2, -0.15) is 0 Å². The van der Waals surface area contributed by atoms with Crippen molar-refractivity contribution in [2.45, 2.75) is 45.6 Å². The van der Waals surface area contributed by atoms with E-state index < -0.39 is 9.84 Å². The van der Waals surface area contributed by atoms with Gasteiger partial charge in [-0.05, 0) is 38.0 Å². The molecule has 0 bridgehead atoms. The number of carbonyl (C=O) groups excluding carboxylic acids is 2. The Morgan fingerprint density at radius 1 is 1.19 bits per heavy atom. The maximum Gasteiger partial charge on any atom is 0.254 e. The van der Waals surface area contributed by atoms with Crippen molar-refractivity contribution >= 4 is 21.7 Å². The van der Waals surface area contributed by atoms with E-state index in [1.54, 1.807) is 29.2 Å². The molecule has 26 heavy (non-hydrogen) atoms. The normalized spacial score (nSPS) is 18.5. The highest BCUT2D eigenvalue weighted by Gasteiger charge is 2.34. The first kappa shape index (κ1) is 20.4. The minimum Gasteiger partial charge on any atom is -0.352 e. The lowest BCUT2D eigenvalue weighted by Crippen LogP contribution is -2.41. The molecule has 1 saturated heterocycles. The number of nitrogens with zero attached hydrogens (tertiary/aromatic N) is 1. The molecule has 0 aliphatic carbocycles. The molecule has 1 N–H and O–H groups in total. The van der Waals surface area contributed by atoms with E-state index in [1.807, 2.05) is 6.92 Å². The third kappa shape index (κ3) is 5.30. The molecule has 1 aromatic rings. The SMILES string of the molecule is CCCCCNC(=O)c1cccc(C(=O)N(CC)C2CCS(=O)(=O)C2)c1. The zero-order valence-corrected chi connectivity index (χ0v) is 16.3. The number of benzene rings is 1. The molecule has 0 saturated carbocycles. The minimum atomic E-state index is -3.06. The first-order chi connectivity index (χ1) is 12.4. The smallest absolute Gasteiger partial charge is 0.254 e. The number of amides is 2. The van der Waals surface area contributed by atoms with Gasteiger partial charge >= 0.3 is 0 Å². The van der Waals surface area contributed by atoms with Gasteiger partial charge in [0.2, 0.25) is 0 Å². The van der Waals surface area contributed by atoms with Gasteiger partial charge in [0.15, 0.2) is 9.84 Å². The van der Waals surface area contributed by atoms with Gasteiger partial charge in [-0.15, -0.1) is 0 Å². The molecule has 2 amide bonds. The second-order valence-electron chi connectivity index (χ2n) is 6.69. The van der Waals surface area contributed by atoms with Crippen LogP contribution < -0.4 is 5.32 Å². The average molecular weight is 381 g/mol. The minimum absolute atomic E-state index is 0.0180. The highest BCUT2D eigenvalue weighted by Crippen LogP contribution is 2.20. The van der Waals surface area contributed by atoms with Crippen LogP contribution in [-0.4, -0.2) is 55.8 Å². The fourth-order valence-corrected chi connectivity index (χ4v) is 4.96. The number of nitrogens with one attached hydrogen (secondary N) is 1. The monoisotopic (exact) mass is 380 g/mol. The molecule has 0 aromatic heterocycles. The van der Waals surface area contributed by atoms with E-state index in [-0.39, 0.29) is 29.4 Å². The average Bonchev–Trinajstić information content (AvgIpc) is 2.98. The molecular formula is C19H28N2O4S. The summed E-state index contributed by atoms with van der Waals surface area (Å²) >= 11 is 0. The first-order valence-electron chi connectivity index (χ1n) is 9.27. The maximum atomic E-state index is 12.8. The zero-order valence-electron chi connectivity index (χ0n) is 15.5. The topological polar surface area (TPSA) is 83.6 Å². The molecule has 7 heteroatoms. The molecular weight excluding hydrogens is 352 g/mol. The Kier molecular flexibility index (Phi) is 7.20. The standard InChI is InChI=1S/C19H28N2O4S/c1-3-5-6-11-20-18(22)15-8-7-9-16(13-15)19(23)21(4-2)17-10-12-26(24,25)14-17/h7-9,13,17H,3-6,10-12,14H2,1-2H3,(H,20,22). The Morgan fingerprint density at radius 2 is 1.92 bits per heavy atom. The number of rotatable bonds is 8. The molecule has 1 heterocycles. The predicted molar refractivity (Wildman–Crippen MR) is 102 cm³/mol. The molecule has 1 atom stereocenters. The van der Waals surface area contributed by atoms with Crippen molar-refractivity contribution in [2.75, 3.05) is 24.6 Å². The van der Waals surface area contributed by atoms with Crippen LogP contribution in [0.3, 0.4) is 0 Å². The maximum absolute atomic E-state index is 12.8. The number of hydrogen-bond acceptors (Lipinski definition) is 4. The summed E-state index contributed by atoms with van der Waals surface area (Å²) in [6, 6.07) is 6.34. The largest absolute Gasteiger partial charge is 0.352 e.